The number of likely N-dealkylation sites (N-methyl/N-ethyl adjacent to an activating group) is 1. The Hall–Kier alpha value is -1.66. The molecule has 22 heavy (non-hydrogen) atoms. The van der Waals surface area contributed by atoms with Crippen molar-refractivity contribution in [2.45, 2.75) is 24.9 Å². The molecule has 0 saturated carbocycles. The van der Waals surface area contributed by atoms with Gasteiger partial charge in [0.1, 0.15) is 5.82 Å². The number of pyridine rings is 1. The van der Waals surface area contributed by atoms with E-state index in [1.165, 1.54) is 0 Å². The molecule has 1 aromatic heterocycles. The standard InChI is InChI=1S/C16H26N4O2/c1-17-14-13(6-4-9-18-14)15(21)20-10-5-7-16(22,8-11-20)12-19(2)3/h4,6,9,22H,5,7-8,10-12H2,1-3H3,(H,17,18)/t16-/m0/s1. The summed E-state index contributed by atoms with van der Waals surface area (Å²) in [5.74, 6) is 0.576. The molecule has 1 aliphatic rings. The van der Waals surface area contributed by atoms with Crippen molar-refractivity contribution in [1.82, 2.24) is 14.8 Å². The number of aromatic nitrogens is 1. The number of likely N-dealkylation sites (tertiary alicyclic amines) is 1. The molecule has 6 heteroatoms. The highest BCUT2D eigenvalue weighted by molar-refractivity contribution is 5.98. The Bertz CT molecular complexity index is 521. The van der Waals surface area contributed by atoms with Gasteiger partial charge in [0.15, 0.2) is 0 Å². The normalized spacial score (nSPS) is 22.5. The van der Waals surface area contributed by atoms with Crippen molar-refractivity contribution in [3.05, 3.63) is 23.9 Å². The summed E-state index contributed by atoms with van der Waals surface area (Å²) < 4.78 is 0. The van der Waals surface area contributed by atoms with E-state index >= 15 is 0 Å². The number of aliphatic hydroxyl groups is 1. The zero-order chi connectivity index (χ0) is 16.2. The Morgan fingerprint density at radius 3 is 2.91 bits per heavy atom. The van der Waals surface area contributed by atoms with Gasteiger partial charge in [-0.3, -0.25) is 4.79 Å². The van der Waals surface area contributed by atoms with Crippen LogP contribution in [0.3, 0.4) is 0 Å². The summed E-state index contributed by atoms with van der Waals surface area (Å²) in [6, 6.07) is 3.56. The molecule has 1 fully saturated rings. The monoisotopic (exact) mass is 306 g/mol. The molecule has 6 nitrogen and oxygen atoms in total. The third-order valence-electron chi connectivity index (χ3n) is 4.09. The smallest absolute Gasteiger partial charge is 0.257 e. The molecule has 2 heterocycles. The number of carbonyl (C=O) groups excluding carboxylic acids is 1. The molecule has 0 bridgehead atoms. The van der Waals surface area contributed by atoms with Crippen LogP contribution in [0.25, 0.3) is 0 Å². The van der Waals surface area contributed by atoms with Crippen LogP contribution in [-0.2, 0) is 0 Å². The average Bonchev–Trinajstić information content (AvgIpc) is 2.67. The van der Waals surface area contributed by atoms with Gasteiger partial charge in [-0.25, -0.2) is 4.98 Å². The van der Waals surface area contributed by atoms with Crippen molar-refractivity contribution < 1.29 is 9.90 Å². The zero-order valence-corrected chi connectivity index (χ0v) is 13.7. The van der Waals surface area contributed by atoms with Crippen LogP contribution in [0.5, 0.6) is 0 Å². The predicted octanol–water partition coefficient (Wildman–Crippen LogP) is 1.04. The molecule has 122 valence electrons. The summed E-state index contributed by atoms with van der Waals surface area (Å²) in [4.78, 5) is 20.7. The maximum atomic E-state index is 12.7. The third-order valence-corrected chi connectivity index (χ3v) is 4.09. The zero-order valence-electron chi connectivity index (χ0n) is 13.7. The second kappa shape index (κ2) is 7.07. The molecule has 2 rings (SSSR count). The van der Waals surface area contributed by atoms with E-state index in [0.717, 1.165) is 12.8 Å². The second-order valence-corrected chi connectivity index (χ2v) is 6.26. The van der Waals surface area contributed by atoms with Crippen LogP contribution in [0.4, 0.5) is 5.82 Å². The van der Waals surface area contributed by atoms with Crippen molar-refractivity contribution in [2.24, 2.45) is 0 Å². The van der Waals surface area contributed by atoms with Crippen molar-refractivity contribution >= 4 is 11.7 Å². The molecule has 2 N–H and O–H groups in total. The van der Waals surface area contributed by atoms with Crippen molar-refractivity contribution in [1.29, 1.82) is 0 Å². The molecule has 0 aliphatic carbocycles. The highest BCUT2D eigenvalue weighted by atomic mass is 16.3. The first-order valence-electron chi connectivity index (χ1n) is 7.74. The minimum atomic E-state index is -0.709. The Balaban J connectivity index is 2.09. The molecular weight excluding hydrogens is 280 g/mol. The topological polar surface area (TPSA) is 68.7 Å². The van der Waals surface area contributed by atoms with Gasteiger partial charge in [-0.15, -0.1) is 0 Å². The fourth-order valence-corrected chi connectivity index (χ4v) is 3.08. The van der Waals surface area contributed by atoms with Crippen LogP contribution in [0.15, 0.2) is 18.3 Å². The molecule has 1 saturated heterocycles. The van der Waals surface area contributed by atoms with Crippen molar-refractivity contribution in [3.8, 4) is 0 Å². The first-order valence-corrected chi connectivity index (χ1v) is 7.74. The molecule has 1 aromatic rings. The first-order chi connectivity index (χ1) is 10.4. The van der Waals surface area contributed by atoms with Crippen LogP contribution in [0.1, 0.15) is 29.6 Å². The van der Waals surface area contributed by atoms with E-state index in [9.17, 15) is 9.90 Å². The summed E-state index contributed by atoms with van der Waals surface area (Å²) in [5.41, 5.74) is -0.123. The van der Waals surface area contributed by atoms with Crippen molar-refractivity contribution in [3.63, 3.8) is 0 Å². The van der Waals surface area contributed by atoms with Gasteiger partial charge in [0.25, 0.3) is 5.91 Å². The van der Waals surface area contributed by atoms with Crippen molar-refractivity contribution in [2.75, 3.05) is 46.1 Å². The first kappa shape index (κ1) is 16.7. The minimum Gasteiger partial charge on any atom is -0.388 e. The molecule has 1 amide bonds. The number of anilines is 1. The van der Waals surface area contributed by atoms with E-state index in [-0.39, 0.29) is 5.91 Å². The van der Waals surface area contributed by atoms with Crippen LogP contribution < -0.4 is 5.32 Å². The van der Waals surface area contributed by atoms with Crippen LogP contribution >= 0.6 is 0 Å². The SMILES string of the molecule is CNc1ncccc1C(=O)N1CCC[C@@](O)(CN(C)C)CC1. The van der Waals surface area contributed by atoms with Gasteiger partial charge >= 0.3 is 0 Å². The molecule has 0 aromatic carbocycles. The number of hydrogen-bond acceptors (Lipinski definition) is 5. The van der Waals surface area contributed by atoms with Gasteiger partial charge in [0.2, 0.25) is 0 Å². The summed E-state index contributed by atoms with van der Waals surface area (Å²) in [7, 11) is 5.68. The Kier molecular flexibility index (Phi) is 5.37. The number of amides is 1. The quantitative estimate of drug-likeness (QED) is 0.870. The van der Waals surface area contributed by atoms with Gasteiger partial charge in [-0.2, -0.15) is 0 Å². The Labute approximate surface area is 132 Å². The van der Waals surface area contributed by atoms with Crippen LogP contribution in [0, 0.1) is 0 Å². The molecule has 1 aliphatic heterocycles. The van der Waals surface area contributed by atoms with E-state index in [1.54, 1.807) is 25.4 Å². The van der Waals surface area contributed by atoms with Gasteiger partial charge in [0, 0.05) is 32.9 Å². The lowest BCUT2D eigenvalue weighted by Gasteiger charge is -2.30. The second-order valence-electron chi connectivity index (χ2n) is 6.26. The highest BCUT2D eigenvalue weighted by Crippen LogP contribution is 2.24. The van der Waals surface area contributed by atoms with Crippen LogP contribution in [0.2, 0.25) is 0 Å². The van der Waals surface area contributed by atoms with E-state index in [1.807, 2.05) is 23.9 Å². The number of nitrogens with one attached hydrogen (secondary N) is 1. The predicted molar refractivity (Wildman–Crippen MR) is 87.0 cm³/mol. The van der Waals surface area contributed by atoms with Gasteiger partial charge in [-0.05, 0) is 45.5 Å². The van der Waals surface area contributed by atoms with E-state index in [4.69, 9.17) is 0 Å². The Morgan fingerprint density at radius 1 is 1.45 bits per heavy atom. The third kappa shape index (κ3) is 3.96. The summed E-state index contributed by atoms with van der Waals surface area (Å²) >= 11 is 0. The summed E-state index contributed by atoms with van der Waals surface area (Å²) in [6.07, 6.45) is 3.80. The summed E-state index contributed by atoms with van der Waals surface area (Å²) in [6.45, 7) is 1.87. The Morgan fingerprint density at radius 2 is 2.23 bits per heavy atom. The largest absolute Gasteiger partial charge is 0.388 e. The number of rotatable bonds is 4. The lowest BCUT2D eigenvalue weighted by atomic mass is 9.94. The molecule has 0 radical (unpaired) electrons. The number of nitrogens with zero attached hydrogens (tertiary/aromatic N) is 3. The summed E-state index contributed by atoms with van der Waals surface area (Å²) in [5, 5.41) is 13.6. The maximum Gasteiger partial charge on any atom is 0.257 e. The van der Waals surface area contributed by atoms with E-state index < -0.39 is 5.60 Å². The maximum absolute atomic E-state index is 12.7. The lowest BCUT2D eigenvalue weighted by molar-refractivity contribution is 0.00305. The average molecular weight is 306 g/mol. The molecule has 1 atom stereocenters. The van der Waals surface area contributed by atoms with E-state index in [0.29, 0.717) is 37.4 Å². The fraction of sp³-hybridized carbons (Fsp3) is 0.625. The molecular formula is C16H26N4O2. The number of carbonyl (C=O) groups is 1. The molecule has 0 unspecified atom stereocenters. The van der Waals surface area contributed by atoms with Crippen LogP contribution in [-0.4, -0.2) is 72.2 Å². The fourth-order valence-electron chi connectivity index (χ4n) is 3.08. The lowest BCUT2D eigenvalue weighted by Crippen LogP contribution is -2.41. The number of hydrogen-bond donors (Lipinski definition) is 2. The molecule has 0 spiro atoms. The van der Waals surface area contributed by atoms with Gasteiger partial charge in [0.05, 0.1) is 11.2 Å². The van der Waals surface area contributed by atoms with Gasteiger partial charge < -0.3 is 20.2 Å². The minimum absolute atomic E-state index is 0.0217. The highest BCUT2D eigenvalue weighted by Gasteiger charge is 2.32. The van der Waals surface area contributed by atoms with Gasteiger partial charge in [-0.1, -0.05) is 0 Å². The van der Waals surface area contributed by atoms with E-state index in [2.05, 4.69) is 10.3 Å².